The summed E-state index contributed by atoms with van der Waals surface area (Å²) in [6, 6.07) is 14.8. The normalized spacial score (nSPS) is 15.6. The topological polar surface area (TPSA) is 51.1 Å². The van der Waals surface area contributed by atoms with Gasteiger partial charge in [-0.3, -0.25) is 4.79 Å². The van der Waals surface area contributed by atoms with Crippen LogP contribution in [0.2, 0.25) is 0 Å². The zero-order valence-corrected chi connectivity index (χ0v) is 13.8. The van der Waals surface area contributed by atoms with Gasteiger partial charge in [0, 0.05) is 6.07 Å². The smallest absolute Gasteiger partial charge is 0.280 e. The lowest BCUT2D eigenvalue weighted by atomic mass is 10.1. The lowest BCUT2D eigenvalue weighted by Crippen LogP contribution is -2.21. The van der Waals surface area contributed by atoms with E-state index < -0.39 is 0 Å². The van der Waals surface area contributed by atoms with Crippen molar-refractivity contribution in [3.63, 3.8) is 0 Å². The molecule has 0 fully saturated rings. The van der Waals surface area contributed by atoms with Crippen LogP contribution in [0, 0.1) is 0 Å². The van der Waals surface area contributed by atoms with Crippen LogP contribution in [0.3, 0.4) is 0 Å². The van der Waals surface area contributed by atoms with E-state index in [1.807, 2.05) is 49.4 Å². The molecule has 0 aliphatic carbocycles. The van der Waals surface area contributed by atoms with Crippen molar-refractivity contribution in [2.24, 2.45) is 5.10 Å². The van der Waals surface area contributed by atoms with Crippen molar-refractivity contribution >= 4 is 23.4 Å². The highest BCUT2D eigenvalue weighted by Gasteiger charge is 2.28. The first-order valence-electron chi connectivity index (χ1n) is 7.52. The Balaban J connectivity index is 1.97. The van der Waals surface area contributed by atoms with E-state index in [2.05, 4.69) is 5.10 Å². The minimum Gasteiger partial charge on any atom is -0.497 e. The molecular weight excluding hydrogens is 304 g/mol. The van der Waals surface area contributed by atoms with E-state index in [0.29, 0.717) is 22.8 Å². The van der Waals surface area contributed by atoms with Crippen molar-refractivity contribution in [3.05, 3.63) is 59.7 Å². The zero-order chi connectivity index (χ0) is 17.1. The molecule has 0 aromatic heterocycles. The molecule has 3 rings (SSSR count). The fourth-order valence-corrected chi connectivity index (χ4v) is 2.51. The number of hydrazone groups is 1. The van der Waals surface area contributed by atoms with Crippen molar-refractivity contribution in [1.82, 2.24) is 0 Å². The summed E-state index contributed by atoms with van der Waals surface area (Å²) in [7, 11) is 3.19. The molecule has 0 unspecified atom stereocenters. The van der Waals surface area contributed by atoms with Gasteiger partial charge in [0.1, 0.15) is 11.5 Å². The molecule has 2 aromatic carbocycles. The Morgan fingerprint density at radius 3 is 2.21 bits per heavy atom. The molecule has 5 heteroatoms. The van der Waals surface area contributed by atoms with Gasteiger partial charge in [-0.15, -0.1) is 0 Å². The second kappa shape index (κ2) is 6.58. The van der Waals surface area contributed by atoms with E-state index in [9.17, 15) is 4.79 Å². The number of carbonyl (C=O) groups is 1. The third-order valence-electron chi connectivity index (χ3n) is 3.75. The number of para-hydroxylation sites is 1. The molecule has 0 saturated carbocycles. The molecule has 0 N–H and O–H groups in total. The maximum atomic E-state index is 12.7. The number of hydrogen-bond acceptors (Lipinski definition) is 4. The number of carbonyl (C=O) groups excluding carboxylic acids is 1. The van der Waals surface area contributed by atoms with Crippen LogP contribution in [-0.2, 0) is 4.79 Å². The molecular formula is C19H18N2O3. The van der Waals surface area contributed by atoms with Gasteiger partial charge >= 0.3 is 0 Å². The standard InChI is InChI=1S/C19H18N2O3/c1-13-18(11-14-9-16(23-2)12-17(10-14)24-3)19(22)21(20-13)15-7-5-4-6-8-15/h4-12H,1-3H3. The Labute approximate surface area is 140 Å². The number of anilines is 1. The molecule has 24 heavy (non-hydrogen) atoms. The molecule has 1 aliphatic rings. The van der Waals surface area contributed by atoms with E-state index >= 15 is 0 Å². The van der Waals surface area contributed by atoms with Gasteiger partial charge in [0.15, 0.2) is 0 Å². The molecule has 0 atom stereocenters. The summed E-state index contributed by atoms with van der Waals surface area (Å²) < 4.78 is 10.5. The average molecular weight is 322 g/mol. The predicted molar refractivity (Wildman–Crippen MR) is 94.6 cm³/mol. The number of nitrogens with zero attached hydrogens (tertiary/aromatic N) is 2. The third kappa shape index (κ3) is 3.01. The second-order valence-corrected chi connectivity index (χ2v) is 5.34. The highest BCUT2D eigenvalue weighted by atomic mass is 16.5. The van der Waals surface area contributed by atoms with Gasteiger partial charge in [0.25, 0.3) is 5.91 Å². The van der Waals surface area contributed by atoms with Gasteiger partial charge in [0.05, 0.1) is 31.2 Å². The monoisotopic (exact) mass is 322 g/mol. The van der Waals surface area contributed by atoms with Gasteiger partial charge in [-0.25, -0.2) is 0 Å². The van der Waals surface area contributed by atoms with Crippen LogP contribution >= 0.6 is 0 Å². The predicted octanol–water partition coefficient (Wildman–Crippen LogP) is 3.51. The summed E-state index contributed by atoms with van der Waals surface area (Å²) in [6.45, 7) is 1.82. The average Bonchev–Trinajstić information content (AvgIpc) is 2.90. The van der Waals surface area contributed by atoms with Crippen LogP contribution in [0.5, 0.6) is 11.5 Å². The van der Waals surface area contributed by atoms with E-state index in [4.69, 9.17) is 9.47 Å². The van der Waals surface area contributed by atoms with Gasteiger partial charge in [-0.2, -0.15) is 10.1 Å². The van der Waals surface area contributed by atoms with Crippen molar-refractivity contribution in [3.8, 4) is 11.5 Å². The second-order valence-electron chi connectivity index (χ2n) is 5.34. The summed E-state index contributed by atoms with van der Waals surface area (Å²) in [5.74, 6) is 1.18. The Kier molecular flexibility index (Phi) is 4.33. The maximum Gasteiger partial charge on any atom is 0.280 e. The lowest BCUT2D eigenvalue weighted by Gasteiger charge is -2.11. The number of amides is 1. The highest BCUT2D eigenvalue weighted by Crippen LogP contribution is 2.27. The van der Waals surface area contributed by atoms with Gasteiger partial charge in [-0.05, 0) is 42.8 Å². The minimum atomic E-state index is -0.152. The molecule has 0 saturated heterocycles. The van der Waals surface area contributed by atoms with Crippen LogP contribution in [0.4, 0.5) is 5.69 Å². The number of methoxy groups -OCH3 is 2. The maximum absolute atomic E-state index is 12.7. The quantitative estimate of drug-likeness (QED) is 0.809. The SMILES string of the molecule is COc1cc(C=C2C(=O)N(c3ccccc3)N=C2C)cc(OC)c1. The van der Waals surface area contributed by atoms with E-state index in [-0.39, 0.29) is 5.91 Å². The third-order valence-corrected chi connectivity index (χ3v) is 3.75. The zero-order valence-electron chi connectivity index (χ0n) is 13.8. The van der Waals surface area contributed by atoms with Crippen molar-refractivity contribution < 1.29 is 14.3 Å². The molecule has 0 spiro atoms. The molecule has 2 aromatic rings. The van der Waals surface area contributed by atoms with Crippen molar-refractivity contribution in [2.75, 3.05) is 19.2 Å². The summed E-state index contributed by atoms with van der Waals surface area (Å²) >= 11 is 0. The van der Waals surface area contributed by atoms with E-state index in [1.54, 1.807) is 26.4 Å². The number of ether oxygens (including phenoxy) is 2. The Morgan fingerprint density at radius 2 is 1.62 bits per heavy atom. The summed E-state index contributed by atoms with van der Waals surface area (Å²) in [5, 5.41) is 5.79. The van der Waals surface area contributed by atoms with E-state index in [0.717, 1.165) is 11.3 Å². The van der Waals surface area contributed by atoms with Crippen LogP contribution < -0.4 is 14.5 Å². The number of hydrogen-bond donors (Lipinski definition) is 0. The van der Waals surface area contributed by atoms with Crippen LogP contribution in [0.1, 0.15) is 12.5 Å². The lowest BCUT2D eigenvalue weighted by molar-refractivity contribution is -0.114. The van der Waals surface area contributed by atoms with Crippen LogP contribution in [0.25, 0.3) is 6.08 Å². The van der Waals surface area contributed by atoms with Crippen molar-refractivity contribution in [2.45, 2.75) is 6.92 Å². The number of rotatable bonds is 4. The molecule has 1 amide bonds. The van der Waals surface area contributed by atoms with Crippen LogP contribution in [-0.4, -0.2) is 25.8 Å². The molecule has 122 valence electrons. The summed E-state index contributed by atoms with van der Waals surface area (Å²) in [5.41, 5.74) is 2.78. The first-order chi connectivity index (χ1) is 11.6. The molecule has 5 nitrogen and oxygen atoms in total. The van der Waals surface area contributed by atoms with Crippen LogP contribution in [0.15, 0.2) is 59.2 Å². The molecule has 1 aliphatic heterocycles. The number of benzene rings is 2. The fraction of sp³-hybridized carbons (Fsp3) is 0.158. The highest BCUT2D eigenvalue weighted by molar-refractivity contribution is 6.32. The Hall–Kier alpha value is -3.08. The minimum absolute atomic E-state index is 0.152. The van der Waals surface area contributed by atoms with Gasteiger partial charge in [0.2, 0.25) is 0 Å². The van der Waals surface area contributed by atoms with Crippen molar-refractivity contribution in [1.29, 1.82) is 0 Å². The fourth-order valence-electron chi connectivity index (χ4n) is 2.51. The molecule has 0 radical (unpaired) electrons. The van der Waals surface area contributed by atoms with Gasteiger partial charge in [-0.1, -0.05) is 18.2 Å². The van der Waals surface area contributed by atoms with Gasteiger partial charge < -0.3 is 9.47 Å². The molecule has 1 heterocycles. The first kappa shape index (κ1) is 15.8. The molecule has 0 bridgehead atoms. The summed E-state index contributed by atoms with van der Waals surface area (Å²) in [4.78, 5) is 12.7. The summed E-state index contributed by atoms with van der Waals surface area (Å²) in [6.07, 6.45) is 1.80. The van der Waals surface area contributed by atoms with E-state index in [1.165, 1.54) is 5.01 Å². The first-order valence-corrected chi connectivity index (χ1v) is 7.52. The Bertz CT molecular complexity index is 804. The Morgan fingerprint density at radius 1 is 1.00 bits per heavy atom. The largest absolute Gasteiger partial charge is 0.497 e.